The smallest absolute Gasteiger partial charge is 0.526 e. The Hall–Kier alpha value is -2.33. The summed E-state index contributed by atoms with van der Waals surface area (Å²) < 4.78 is 38.4. The Kier molecular flexibility index (Phi) is 4.00. The number of hydrogen-bond donors (Lipinski definition) is 1. The van der Waals surface area contributed by atoms with Gasteiger partial charge in [0.2, 0.25) is 6.79 Å². The van der Waals surface area contributed by atoms with Crippen molar-refractivity contribution in [1.82, 2.24) is 0 Å². The number of benzene rings is 1. The van der Waals surface area contributed by atoms with E-state index in [1.165, 1.54) is 6.07 Å². The predicted molar refractivity (Wildman–Crippen MR) is 78.6 cm³/mol. The third kappa shape index (κ3) is 3.02. The topological polar surface area (TPSA) is 101 Å². The molecule has 1 aromatic rings. The molecule has 1 aromatic carbocycles. The van der Waals surface area contributed by atoms with Gasteiger partial charge in [-0.25, -0.2) is 14.0 Å². The Bertz CT molecular complexity index is 722. The number of esters is 1. The highest BCUT2D eigenvalue weighted by atomic mass is 19.1. The van der Waals surface area contributed by atoms with Crippen molar-refractivity contribution >= 4 is 19.2 Å². The van der Waals surface area contributed by atoms with E-state index in [0.717, 1.165) is 6.07 Å². The average molecular weight is 352 g/mol. The summed E-state index contributed by atoms with van der Waals surface area (Å²) >= 11 is 0. The Morgan fingerprint density at radius 3 is 2.84 bits per heavy atom. The van der Waals surface area contributed by atoms with E-state index in [-0.39, 0.29) is 36.8 Å². The lowest BCUT2D eigenvalue weighted by atomic mass is 9.77. The standard InChI is InChI=1S/C15H14BFO8/c17-11-2-1-8-9-3-10(9)16(20)25-13(8)12(11)14(18)22-6-23-15(19)24-7-4-21-5-7/h1-2,7,9-10,20H,3-6H2/t9-,10-/m1/s1. The van der Waals surface area contributed by atoms with E-state index in [0.29, 0.717) is 12.0 Å². The molecule has 0 bridgehead atoms. The Morgan fingerprint density at radius 1 is 1.32 bits per heavy atom. The minimum atomic E-state index is -1.08. The van der Waals surface area contributed by atoms with Gasteiger partial charge in [0.1, 0.15) is 17.1 Å². The minimum Gasteiger partial charge on any atom is -0.535 e. The van der Waals surface area contributed by atoms with Gasteiger partial charge < -0.3 is 28.6 Å². The molecule has 1 aliphatic carbocycles. The fourth-order valence-electron chi connectivity index (χ4n) is 2.93. The molecule has 0 aromatic heterocycles. The molecule has 1 N–H and O–H groups in total. The molecule has 0 spiro atoms. The first-order valence-electron chi connectivity index (χ1n) is 7.80. The quantitative estimate of drug-likeness (QED) is 0.491. The first-order chi connectivity index (χ1) is 12.0. The average Bonchev–Trinajstić information content (AvgIpc) is 3.32. The van der Waals surface area contributed by atoms with Gasteiger partial charge in [-0.3, -0.25) is 0 Å². The highest BCUT2D eigenvalue weighted by Gasteiger charge is 2.54. The molecule has 25 heavy (non-hydrogen) atoms. The molecule has 0 radical (unpaired) electrons. The second kappa shape index (κ2) is 6.19. The monoisotopic (exact) mass is 352 g/mol. The first kappa shape index (κ1) is 16.2. The number of halogens is 1. The van der Waals surface area contributed by atoms with Crippen LogP contribution >= 0.6 is 0 Å². The Morgan fingerprint density at radius 2 is 2.12 bits per heavy atom. The molecule has 2 atom stereocenters. The highest BCUT2D eigenvalue weighted by molar-refractivity contribution is 6.48. The van der Waals surface area contributed by atoms with E-state index in [4.69, 9.17) is 18.9 Å². The summed E-state index contributed by atoms with van der Waals surface area (Å²) in [7, 11) is -1.08. The van der Waals surface area contributed by atoms with Crippen LogP contribution < -0.4 is 4.65 Å². The molecule has 4 rings (SSSR count). The lowest BCUT2D eigenvalue weighted by molar-refractivity contribution is -0.122. The van der Waals surface area contributed by atoms with Crippen LogP contribution in [0.1, 0.15) is 28.3 Å². The largest absolute Gasteiger partial charge is 0.535 e. The molecule has 2 heterocycles. The first-order valence-corrected chi connectivity index (χ1v) is 7.80. The maximum Gasteiger partial charge on any atom is 0.526 e. The number of ether oxygens (including phenoxy) is 4. The van der Waals surface area contributed by atoms with Crippen molar-refractivity contribution in [2.45, 2.75) is 24.3 Å². The van der Waals surface area contributed by atoms with Crippen LogP contribution in [0, 0.1) is 5.82 Å². The van der Waals surface area contributed by atoms with E-state index in [1.54, 1.807) is 0 Å². The molecule has 10 heteroatoms. The fourth-order valence-corrected chi connectivity index (χ4v) is 2.93. The Labute approximate surface area is 141 Å². The van der Waals surface area contributed by atoms with Crippen LogP contribution in [-0.4, -0.2) is 50.4 Å². The van der Waals surface area contributed by atoms with E-state index in [1.807, 2.05) is 0 Å². The number of fused-ring (bicyclic) bond motifs is 3. The highest BCUT2D eigenvalue weighted by Crippen LogP contribution is 2.60. The van der Waals surface area contributed by atoms with Crippen LogP contribution in [0.3, 0.4) is 0 Å². The predicted octanol–water partition coefficient (Wildman–Crippen LogP) is 1.22. The van der Waals surface area contributed by atoms with Gasteiger partial charge in [-0.05, 0) is 24.0 Å². The molecule has 2 aliphatic heterocycles. The van der Waals surface area contributed by atoms with Crippen molar-refractivity contribution in [3.8, 4) is 5.75 Å². The van der Waals surface area contributed by atoms with Crippen molar-refractivity contribution in [1.29, 1.82) is 0 Å². The maximum absolute atomic E-state index is 14.1. The van der Waals surface area contributed by atoms with Gasteiger partial charge in [0, 0.05) is 5.82 Å². The van der Waals surface area contributed by atoms with Crippen molar-refractivity contribution < 1.29 is 42.6 Å². The second-order valence-electron chi connectivity index (χ2n) is 6.08. The van der Waals surface area contributed by atoms with Gasteiger partial charge in [0.25, 0.3) is 0 Å². The van der Waals surface area contributed by atoms with E-state index in [2.05, 4.69) is 4.74 Å². The summed E-state index contributed by atoms with van der Waals surface area (Å²) in [5.41, 5.74) is 0.236. The molecule has 0 unspecified atom stereocenters. The van der Waals surface area contributed by atoms with Crippen LogP contribution in [0.5, 0.6) is 5.75 Å². The normalized spacial score (nSPS) is 23.5. The summed E-state index contributed by atoms with van der Waals surface area (Å²) in [5, 5.41) is 9.83. The number of carbonyl (C=O) groups is 2. The summed E-state index contributed by atoms with van der Waals surface area (Å²) in [6.45, 7) is -0.154. The zero-order valence-electron chi connectivity index (χ0n) is 13.0. The Balaban J connectivity index is 1.40. The molecular weight excluding hydrogens is 338 g/mol. The number of carbonyl (C=O) groups excluding carboxylic acids is 2. The zero-order valence-corrected chi connectivity index (χ0v) is 13.0. The third-order valence-electron chi connectivity index (χ3n) is 4.42. The minimum absolute atomic E-state index is 0.0227. The maximum atomic E-state index is 14.1. The summed E-state index contributed by atoms with van der Waals surface area (Å²) in [6.07, 6.45) is -0.666. The third-order valence-corrected chi connectivity index (χ3v) is 4.42. The molecule has 0 amide bonds. The molecule has 2 fully saturated rings. The number of rotatable bonds is 4. The van der Waals surface area contributed by atoms with E-state index >= 15 is 0 Å². The van der Waals surface area contributed by atoms with Gasteiger partial charge >= 0.3 is 19.2 Å². The van der Waals surface area contributed by atoms with Crippen LogP contribution in [0.25, 0.3) is 0 Å². The van der Waals surface area contributed by atoms with Crippen LogP contribution in [-0.2, 0) is 18.9 Å². The summed E-state index contributed by atoms with van der Waals surface area (Å²) in [6, 6.07) is 2.68. The van der Waals surface area contributed by atoms with Crippen LogP contribution in [0.15, 0.2) is 12.1 Å². The van der Waals surface area contributed by atoms with Crippen molar-refractivity contribution in [2.24, 2.45) is 0 Å². The fraction of sp³-hybridized carbons (Fsp3) is 0.467. The molecule has 132 valence electrons. The number of hydrogen-bond acceptors (Lipinski definition) is 8. The van der Waals surface area contributed by atoms with Crippen molar-refractivity contribution in [2.75, 3.05) is 20.0 Å². The molecule has 8 nitrogen and oxygen atoms in total. The second-order valence-corrected chi connectivity index (χ2v) is 6.08. The van der Waals surface area contributed by atoms with Gasteiger partial charge in [-0.1, -0.05) is 6.07 Å². The van der Waals surface area contributed by atoms with Crippen LogP contribution in [0.2, 0.25) is 5.82 Å². The van der Waals surface area contributed by atoms with Gasteiger partial charge in [0.15, 0.2) is 6.10 Å². The van der Waals surface area contributed by atoms with E-state index < -0.39 is 37.4 Å². The van der Waals surface area contributed by atoms with Gasteiger partial charge in [-0.15, -0.1) is 0 Å². The lowest BCUT2D eigenvalue weighted by Gasteiger charge is -2.24. The van der Waals surface area contributed by atoms with Crippen molar-refractivity contribution in [3.63, 3.8) is 0 Å². The van der Waals surface area contributed by atoms with Crippen LogP contribution in [0.4, 0.5) is 9.18 Å². The summed E-state index contributed by atoms with van der Waals surface area (Å²) in [5.74, 6) is -1.91. The molecule has 3 aliphatic rings. The van der Waals surface area contributed by atoms with Crippen molar-refractivity contribution in [3.05, 3.63) is 29.1 Å². The lowest BCUT2D eigenvalue weighted by Crippen LogP contribution is -2.38. The molecular formula is C15H14BFO8. The summed E-state index contributed by atoms with van der Waals surface area (Å²) in [4.78, 5) is 23.5. The molecule has 1 saturated carbocycles. The van der Waals surface area contributed by atoms with Gasteiger partial charge in [-0.2, -0.15) is 0 Å². The zero-order chi connectivity index (χ0) is 17.6. The van der Waals surface area contributed by atoms with E-state index in [9.17, 15) is 19.0 Å². The van der Waals surface area contributed by atoms with Gasteiger partial charge in [0.05, 0.1) is 13.2 Å². The molecule has 1 saturated heterocycles. The SMILES string of the molecule is O=C(OCOC(=O)c1c(F)ccc2c1OB(O)[C@@H]1C[C@H]21)OC1COC1.